The van der Waals surface area contributed by atoms with Crippen molar-refractivity contribution in [2.45, 2.75) is 12.5 Å². The fraction of sp³-hybridized carbons (Fsp3) is 0.400. The summed E-state index contributed by atoms with van der Waals surface area (Å²) in [6.07, 6.45) is 0.210. The number of methoxy groups -OCH3 is 1. The van der Waals surface area contributed by atoms with Gasteiger partial charge in [-0.05, 0) is 18.6 Å². The summed E-state index contributed by atoms with van der Waals surface area (Å²) in [4.78, 5) is 10.1. The molecule has 1 rings (SSSR count). The summed E-state index contributed by atoms with van der Waals surface area (Å²) in [5, 5.41) is 10.7. The van der Waals surface area contributed by atoms with Crippen molar-refractivity contribution in [1.29, 1.82) is 0 Å². The fourth-order valence-electron chi connectivity index (χ4n) is 1.45. The minimum Gasteiger partial charge on any atom is -0.383 e. The van der Waals surface area contributed by atoms with Crippen LogP contribution in [0.25, 0.3) is 0 Å². The molecule has 0 aromatic heterocycles. The standard InChI is InChI=1S/C10H13FN2O3/c1-16-6-9(12)5-7-4-8(11)2-3-10(7)13(14)15/h2-4,9H,5-6,12H2,1H3. The van der Waals surface area contributed by atoms with E-state index in [4.69, 9.17) is 10.5 Å². The van der Waals surface area contributed by atoms with Gasteiger partial charge in [-0.15, -0.1) is 0 Å². The van der Waals surface area contributed by atoms with Crippen LogP contribution in [-0.2, 0) is 11.2 Å². The van der Waals surface area contributed by atoms with Crippen LogP contribution in [0, 0.1) is 15.9 Å². The van der Waals surface area contributed by atoms with Gasteiger partial charge in [0.1, 0.15) is 5.82 Å². The van der Waals surface area contributed by atoms with Gasteiger partial charge < -0.3 is 10.5 Å². The summed E-state index contributed by atoms with van der Waals surface area (Å²) in [7, 11) is 1.49. The molecule has 1 aromatic carbocycles. The molecule has 0 heterocycles. The minimum atomic E-state index is -0.547. The molecule has 0 bridgehead atoms. The zero-order valence-corrected chi connectivity index (χ0v) is 8.85. The first kappa shape index (κ1) is 12.5. The summed E-state index contributed by atoms with van der Waals surface area (Å²) >= 11 is 0. The highest BCUT2D eigenvalue weighted by atomic mass is 19.1. The van der Waals surface area contributed by atoms with Gasteiger partial charge in [0, 0.05) is 24.8 Å². The van der Waals surface area contributed by atoms with Gasteiger partial charge in [-0.25, -0.2) is 4.39 Å². The summed E-state index contributed by atoms with van der Waals surface area (Å²) in [5.74, 6) is -0.509. The molecule has 0 saturated carbocycles. The SMILES string of the molecule is COCC(N)Cc1cc(F)ccc1[N+](=O)[O-]. The number of hydrogen-bond acceptors (Lipinski definition) is 4. The Morgan fingerprint density at radius 2 is 2.31 bits per heavy atom. The van der Waals surface area contributed by atoms with Crippen LogP contribution in [-0.4, -0.2) is 24.7 Å². The first-order chi connectivity index (χ1) is 7.54. The molecule has 5 nitrogen and oxygen atoms in total. The lowest BCUT2D eigenvalue weighted by Crippen LogP contribution is -2.28. The van der Waals surface area contributed by atoms with Crippen molar-refractivity contribution >= 4 is 5.69 Å². The van der Waals surface area contributed by atoms with Gasteiger partial charge in [0.2, 0.25) is 0 Å². The Bertz CT molecular complexity index is 384. The van der Waals surface area contributed by atoms with E-state index in [9.17, 15) is 14.5 Å². The van der Waals surface area contributed by atoms with Crippen molar-refractivity contribution in [3.8, 4) is 0 Å². The van der Waals surface area contributed by atoms with E-state index in [1.807, 2.05) is 0 Å². The van der Waals surface area contributed by atoms with Gasteiger partial charge in [-0.1, -0.05) is 0 Å². The topological polar surface area (TPSA) is 78.4 Å². The molecule has 1 atom stereocenters. The Kier molecular flexibility index (Phi) is 4.33. The summed E-state index contributed by atoms with van der Waals surface area (Å²) < 4.78 is 17.8. The molecule has 16 heavy (non-hydrogen) atoms. The number of hydrogen-bond donors (Lipinski definition) is 1. The zero-order valence-electron chi connectivity index (χ0n) is 8.85. The summed E-state index contributed by atoms with van der Waals surface area (Å²) in [5.41, 5.74) is 5.83. The second-order valence-corrected chi connectivity index (χ2v) is 3.45. The largest absolute Gasteiger partial charge is 0.383 e. The van der Waals surface area contributed by atoms with Crippen molar-refractivity contribution in [3.63, 3.8) is 0 Å². The highest BCUT2D eigenvalue weighted by Crippen LogP contribution is 2.20. The predicted molar refractivity (Wildman–Crippen MR) is 56.6 cm³/mol. The van der Waals surface area contributed by atoms with E-state index in [-0.39, 0.29) is 30.3 Å². The molecule has 0 spiro atoms. The minimum absolute atomic E-state index is 0.118. The normalized spacial score (nSPS) is 12.4. The van der Waals surface area contributed by atoms with E-state index >= 15 is 0 Å². The lowest BCUT2D eigenvalue weighted by atomic mass is 10.0. The smallest absolute Gasteiger partial charge is 0.272 e. The van der Waals surface area contributed by atoms with Gasteiger partial charge >= 0.3 is 0 Å². The molecule has 1 unspecified atom stereocenters. The van der Waals surface area contributed by atoms with Crippen LogP contribution in [0.15, 0.2) is 18.2 Å². The van der Waals surface area contributed by atoms with Gasteiger partial charge in [-0.2, -0.15) is 0 Å². The monoisotopic (exact) mass is 228 g/mol. The molecule has 0 radical (unpaired) electrons. The molecule has 88 valence electrons. The Balaban J connectivity index is 2.92. The quantitative estimate of drug-likeness (QED) is 0.607. The Morgan fingerprint density at radius 1 is 1.62 bits per heavy atom. The summed E-state index contributed by atoms with van der Waals surface area (Å²) in [6, 6.07) is 2.95. The second-order valence-electron chi connectivity index (χ2n) is 3.45. The molecule has 0 aliphatic heterocycles. The number of ether oxygens (including phenoxy) is 1. The van der Waals surface area contributed by atoms with Gasteiger partial charge in [0.15, 0.2) is 0 Å². The van der Waals surface area contributed by atoms with Gasteiger partial charge in [0.25, 0.3) is 5.69 Å². The maximum atomic E-state index is 13.0. The van der Waals surface area contributed by atoms with Crippen molar-refractivity contribution < 1.29 is 14.1 Å². The van der Waals surface area contributed by atoms with Gasteiger partial charge in [-0.3, -0.25) is 10.1 Å². The molecular formula is C10H13FN2O3. The van der Waals surface area contributed by atoms with Crippen LogP contribution in [0.2, 0.25) is 0 Å². The molecule has 6 heteroatoms. The van der Waals surface area contributed by atoms with Crippen LogP contribution in [0.1, 0.15) is 5.56 Å². The van der Waals surface area contributed by atoms with Crippen LogP contribution in [0.5, 0.6) is 0 Å². The first-order valence-corrected chi connectivity index (χ1v) is 4.72. The lowest BCUT2D eigenvalue weighted by Gasteiger charge is -2.10. The van der Waals surface area contributed by atoms with Crippen LogP contribution < -0.4 is 5.73 Å². The van der Waals surface area contributed by atoms with E-state index < -0.39 is 10.7 Å². The highest BCUT2D eigenvalue weighted by Gasteiger charge is 2.16. The van der Waals surface area contributed by atoms with E-state index in [0.717, 1.165) is 18.2 Å². The number of halogens is 1. The van der Waals surface area contributed by atoms with E-state index in [1.165, 1.54) is 7.11 Å². The Hall–Kier alpha value is -1.53. The maximum absolute atomic E-state index is 13.0. The van der Waals surface area contributed by atoms with E-state index in [0.29, 0.717) is 0 Å². The summed E-state index contributed by atoms with van der Waals surface area (Å²) in [6.45, 7) is 0.271. The number of nitro benzene ring substituents is 1. The molecule has 0 aliphatic rings. The Labute approximate surface area is 92.2 Å². The van der Waals surface area contributed by atoms with E-state index in [2.05, 4.69) is 0 Å². The molecule has 0 fully saturated rings. The van der Waals surface area contributed by atoms with Crippen molar-refractivity contribution in [2.24, 2.45) is 5.73 Å². The molecule has 0 aliphatic carbocycles. The molecule has 2 N–H and O–H groups in total. The van der Waals surface area contributed by atoms with Crippen molar-refractivity contribution in [1.82, 2.24) is 0 Å². The maximum Gasteiger partial charge on any atom is 0.272 e. The first-order valence-electron chi connectivity index (χ1n) is 4.72. The lowest BCUT2D eigenvalue weighted by molar-refractivity contribution is -0.385. The average molecular weight is 228 g/mol. The number of nitro groups is 1. The molecule has 1 aromatic rings. The fourth-order valence-corrected chi connectivity index (χ4v) is 1.45. The van der Waals surface area contributed by atoms with Crippen molar-refractivity contribution in [3.05, 3.63) is 39.7 Å². The number of nitrogens with zero attached hydrogens (tertiary/aromatic N) is 1. The van der Waals surface area contributed by atoms with Gasteiger partial charge in [0.05, 0.1) is 11.5 Å². The molecular weight excluding hydrogens is 215 g/mol. The van der Waals surface area contributed by atoms with E-state index in [1.54, 1.807) is 0 Å². The molecule has 0 saturated heterocycles. The number of nitrogens with two attached hydrogens (primary N) is 1. The zero-order chi connectivity index (χ0) is 12.1. The third-order valence-corrected chi connectivity index (χ3v) is 2.10. The predicted octanol–water partition coefficient (Wildman–Crippen LogP) is 1.25. The Morgan fingerprint density at radius 3 is 2.88 bits per heavy atom. The van der Waals surface area contributed by atoms with Crippen LogP contribution in [0.4, 0.5) is 10.1 Å². The number of rotatable bonds is 5. The van der Waals surface area contributed by atoms with Crippen LogP contribution >= 0.6 is 0 Å². The second kappa shape index (κ2) is 5.53. The van der Waals surface area contributed by atoms with Crippen molar-refractivity contribution in [2.75, 3.05) is 13.7 Å². The third-order valence-electron chi connectivity index (χ3n) is 2.10. The number of benzene rings is 1. The van der Waals surface area contributed by atoms with Crippen LogP contribution in [0.3, 0.4) is 0 Å². The average Bonchev–Trinajstić information content (AvgIpc) is 2.17. The molecule has 0 amide bonds. The third kappa shape index (κ3) is 3.25. The highest BCUT2D eigenvalue weighted by molar-refractivity contribution is 5.40.